The van der Waals surface area contributed by atoms with Crippen LogP contribution in [0, 0.1) is 20.8 Å². The molecule has 0 amide bonds. The third-order valence-corrected chi connectivity index (χ3v) is 4.38. The molecule has 0 aliphatic carbocycles. The zero-order valence-corrected chi connectivity index (χ0v) is 14.4. The van der Waals surface area contributed by atoms with E-state index in [4.69, 9.17) is 9.72 Å². The van der Waals surface area contributed by atoms with Crippen molar-refractivity contribution in [3.8, 4) is 17.0 Å². The van der Waals surface area contributed by atoms with Crippen LogP contribution >= 0.6 is 11.3 Å². The molecule has 0 atom stereocenters. The molecule has 0 bridgehead atoms. The van der Waals surface area contributed by atoms with Crippen LogP contribution < -0.4 is 10.1 Å². The maximum Gasteiger partial charge on any atom is 0.189 e. The SMILES string of the molecule is COc1ccc(-c2nc(Nc3ccc(C)nn3)sc2C)cc1C. The standard InChI is InChI=1S/C17H18N4OS/c1-10-9-13(6-7-14(10)22-4)16-12(3)23-17(19-16)18-15-8-5-11(2)20-21-15/h5-9H,1-4H3,(H,18,19,21). The molecule has 0 fully saturated rings. The van der Waals surface area contributed by atoms with Gasteiger partial charge in [0.05, 0.1) is 18.5 Å². The fourth-order valence-corrected chi connectivity index (χ4v) is 3.16. The van der Waals surface area contributed by atoms with E-state index >= 15 is 0 Å². The minimum absolute atomic E-state index is 0.696. The summed E-state index contributed by atoms with van der Waals surface area (Å²) >= 11 is 1.60. The monoisotopic (exact) mass is 326 g/mol. The first-order valence-corrected chi connectivity index (χ1v) is 8.08. The molecular formula is C17H18N4OS. The van der Waals surface area contributed by atoms with Gasteiger partial charge in [0.15, 0.2) is 10.9 Å². The van der Waals surface area contributed by atoms with Crippen molar-refractivity contribution in [1.29, 1.82) is 0 Å². The Morgan fingerprint density at radius 3 is 2.52 bits per heavy atom. The van der Waals surface area contributed by atoms with E-state index in [-0.39, 0.29) is 0 Å². The summed E-state index contributed by atoms with van der Waals surface area (Å²) in [4.78, 5) is 5.84. The number of hydrogen-bond acceptors (Lipinski definition) is 6. The second-order valence-electron chi connectivity index (χ2n) is 5.29. The molecule has 2 heterocycles. The molecule has 0 saturated carbocycles. The number of aromatic nitrogens is 3. The lowest BCUT2D eigenvalue weighted by Crippen LogP contribution is -1.95. The highest BCUT2D eigenvalue weighted by Gasteiger charge is 2.12. The predicted octanol–water partition coefficient (Wildman–Crippen LogP) is 4.28. The molecule has 0 radical (unpaired) electrons. The molecule has 0 saturated heterocycles. The summed E-state index contributed by atoms with van der Waals surface area (Å²) in [5.74, 6) is 1.58. The summed E-state index contributed by atoms with van der Waals surface area (Å²) in [6.45, 7) is 6.01. The number of nitrogens with one attached hydrogen (secondary N) is 1. The molecule has 5 nitrogen and oxygen atoms in total. The van der Waals surface area contributed by atoms with E-state index in [0.717, 1.165) is 38.3 Å². The summed E-state index contributed by atoms with van der Waals surface area (Å²) in [7, 11) is 1.68. The van der Waals surface area contributed by atoms with Crippen LogP contribution in [0.3, 0.4) is 0 Å². The molecular weight excluding hydrogens is 308 g/mol. The Bertz CT molecular complexity index is 827. The van der Waals surface area contributed by atoms with E-state index in [1.807, 2.05) is 38.1 Å². The van der Waals surface area contributed by atoms with Gasteiger partial charge in [0, 0.05) is 10.4 Å². The van der Waals surface area contributed by atoms with Crippen molar-refractivity contribution < 1.29 is 4.74 Å². The quantitative estimate of drug-likeness (QED) is 0.775. The van der Waals surface area contributed by atoms with Crippen molar-refractivity contribution in [2.75, 3.05) is 12.4 Å². The lowest BCUT2D eigenvalue weighted by Gasteiger charge is -2.06. The number of aryl methyl sites for hydroxylation is 3. The molecule has 1 N–H and O–H groups in total. The molecule has 3 aromatic rings. The Hall–Kier alpha value is -2.47. The van der Waals surface area contributed by atoms with E-state index in [9.17, 15) is 0 Å². The third-order valence-electron chi connectivity index (χ3n) is 3.50. The fourth-order valence-electron chi connectivity index (χ4n) is 2.32. The van der Waals surface area contributed by atoms with Gasteiger partial charge < -0.3 is 10.1 Å². The van der Waals surface area contributed by atoms with Crippen LogP contribution in [0.2, 0.25) is 0 Å². The van der Waals surface area contributed by atoms with Crippen LogP contribution in [0.25, 0.3) is 11.3 Å². The van der Waals surface area contributed by atoms with Gasteiger partial charge in [-0.25, -0.2) is 4.98 Å². The normalized spacial score (nSPS) is 10.6. The van der Waals surface area contributed by atoms with Crippen LogP contribution in [-0.2, 0) is 0 Å². The number of nitrogens with zero attached hydrogens (tertiary/aromatic N) is 3. The summed E-state index contributed by atoms with van der Waals surface area (Å²) in [5.41, 5.74) is 4.04. The maximum absolute atomic E-state index is 5.31. The molecule has 23 heavy (non-hydrogen) atoms. The first-order valence-electron chi connectivity index (χ1n) is 7.26. The highest BCUT2D eigenvalue weighted by Crippen LogP contribution is 2.33. The molecule has 0 aliphatic heterocycles. The Morgan fingerprint density at radius 2 is 1.87 bits per heavy atom. The van der Waals surface area contributed by atoms with Crippen molar-refractivity contribution in [3.05, 3.63) is 46.5 Å². The van der Waals surface area contributed by atoms with Gasteiger partial charge in [-0.15, -0.1) is 16.4 Å². The first kappa shape index (κ1) is 15.4. The number of benzene rings is 1. The van der Waals surface area contributed by atoms with Gasteiger partial charge in [-0.2, -0.15) is 5.10 Å². The van der Waals surface area contributed by atoms with Gasteiger partial charge in [-0.3, -0.25) is 0 Å². The van der Waals surface area contributed by atoms with Gasteiger partial charge in [-0.1, -0.05) is 0 Å². The molecule has 1 aromatic carbocycles. The van der Waals surface area contributed by atoms with E-state index in [2.05, 4.69) is 28.5 Å². The van der Waals surface area contributed by atoms with E-state index in [1.54, 1.807) is 18.4 Å². The maximum atomic E-state index is 5.31. The Labute approximate surface area is 139 Å². The molecule has 0 unspecified atom stereocenters. The molecule has 6 heteroatoms. The number of methoxy groups -OCH3 is 1. The topological polar surface area (TPSA) is 59.9 Å². The van der Waals surface area contributed by atoms with Crippen molar-refractivity contribution >= 4 is 22.3 Å². The van der Waals surface area contributed by atoms with Crippen molar-refractivity contribution in [2.24, 2.45) is 0 Å². The molecule has 0 spiro atoms. The predicted molar refractivity (Wildman–Crippen MR) is 93.6 cm³/mol. The smallest absolute Gasteiger partial charge is 0.189 e. The van der Waals surface area contributed by atoms with Crippen LogP contribution in [0.15, 0.2) is 30.3 Å². The van der Waals surface area contributed by atoms with Gasteiger partial charge >= 0.3 is 0 Å². The van der Waals surface area contributed by atoms with Gasteiger partial charge in [0.1, 0.15) is 5.75 Å². The average Bonchev–Trinajstić information content (AvgIpc) is 2.90. The van der Waals surface area contributed by atoms with Crippen LogP contribution in [0.5, 0.6) is 5.75 Å². The van der Waals surface area contributed by atoms with Crippen LogP contribution in [0.4, 0.5) is 10.9 Å². The zero-order chi connectivity index (χ0) is 16.4. The lowest BCUT2D eigenvalue weighted by molar-refractivity contribution is 0.412. The van der Waals surface area contributed by atoms with E-state index < -0.39 is 0 Å². The zero-order valence-electron chi connectivity index (χ0n) is 13.5. The lowest BCUT2D eigenvalue weighted by atomic mass is 10.1. The summed E-state index contributed by atoms with van der Waals surface area (Å²) < 4.78 is 5.31. The Balaban J connectivity index is 1.88. The van der Waals surface area contributed by atoms with Crippen molar-refractivity contribution in [2.45, 2.75) is 20.8 Å². The number of rotatable bonds is 4. The number of thiazole rings is 1. The highest BCUT2D eigenvalue weighted by molar-refractivity contribution is 7.16. The number of hydrogen-bond donors (Lipinski definition) is 1. The third kappa shape index (κ3) is 3.32. The largest absolute Gasteiger partial charge is 0.496 e. The molecule has 118 valence electrons. The van der Waals surface area contributed by atoms with Gasteiger partial charge in [0.25, 0.3) is 0 Å². The molecule has 2 aromatic heterocycles. The van der Waals surface area contributed by atoms with Crippen LogP contribution in [-0.4, -0.2) is 22.3 Å². The van der Waals surface area contributed by atoms with Crippen molar-refractivity contribution in [3.63, 3.8) is 0 Å². The molecule has 3 rings (SSSR count). The van der Waals surface area contributed by atoms with E-state index in [1.165, 1.54) is 0 Å². The second kappa shape index (κ2) is 6.34. The number of ether oxygens (including phenoxy) is 1. The number of anilines is 2. The van der Waals surface area contributed by atoms with E-state index in [0.29, 0.717) is 5.82 Å². The average molecular weight is 326 g/mol. The Morgan fingerprint density at radius 1 is 1.04 bits per heavy atom. The minimum atomic E-state index is 0.696. The van der Waals surface area contributed by atoms with Crippen LogP contribution in [0.1, 0.15) is 16.1 Å². The second-order valence-corrected chi connectivity index (χ2v) is 6.50. The Kier molecular flexibility index (Phi) is 4.25. The van der Waals surface area contributed by atoms with Crippen molar-refractivity contribution in [1.82, 2.24) is 15.2 Å². The summed E-state index contributed by atoms with van der Waals surface area (Å²) in [5, 5.41) is 12.2. The molecule has 0 aliphatic rings. The summed E-state index contributed by atoms with van der Waals surface area (Å²) in [6.07, 6.45) is 0. The minimum Gasteiger partial charge on any atom is -0.496 e. The summed E-state index contributed by atoms with van der Waals surface area (Å²) in [6, 6.07) is 9.92. The highest BCUT2D eigenvalue weighted by atomic mass is 32.1. The first-order chi connectivity index (χ1) is 11.1. The van der Waals surface area contributed by atoms with Gasteiger partial charge in [0.2, 0.25) is 0 Å². The van der Waals surface area contributed by atoms with Gasteiger partial charge in [-0.05, 0) is 56.7 Å². The fraction of sp³-hybridized carbons (Fsp3) is 0.235.